The van der Waals surface area contributed by atoms with E-state index in [1.165, 1.54) is 6.92 Å². The van der Waals surface area contributed by atoms with Crippen LogP contribution in [0.2, 0.25) is 0 Å². The van der Waals surface area contributed by atoms with Gasteiger partial charge in [0.25, 0.3) is 0 Å². The molecule has 3 nitrogen and oxygen atoms in total. The number of aliphatic hydroxyl groups is 1. The molecule has 0 heterocycles. The summed E-state index contributed by atoms with van der Waals surface area (Å²) in [5.74, 6) is -0.257. The zero-order chi connectivity index (χ0) is 6.85. The minimum absolute atomic E-state index is 0.0162. The predicted molar refractivity (Wildman–Crippen MR) is 30.8 cm³/mol. The largest absolute Gasteiger partial charge is 0.462 e. The molecule has 1 aliphatic carbocycles. The van der Waals surface area contributed by atoms with Crippen molar-refractivity contribution in [1.82, 2.24) is 0 Å². The highest BCUT2D eigenvalue weighted by Crippen LogP contribution is 2.22. The summed E-state index contributed by atoms with van der Waals surface area (Å²) in [6.45, 7) is 1.38. The van der Waals surface area contributed by atoms with Crippen molar-refractivity contribution in [3.05, 3.63) is 0 Å². The van der Waals surface area contributed by atoms with Crippen molar-refractivity contribution in [2.75, 3.05) is 0 Å². The van der Waals surface area contributed by atoms with Gasteiger partial charge in [-0.15, -0.1) is 0 Å². The van der Waals surface area contributed by atoms with E-state index >= 15 is 0 Å². The zero-order valence-electron chi connectivity index (χ0n) is 5.33. The first kappa shape index (κ1) is 6.55. The van der Waals surface area contributed by atoms with Crippen LogP contribution in [-0.2, 0) is 9.53 Å². The number of carbonyl (C=O) groups is 1. The molecule has 0 aromatic heterocycles. The SMILES string of the molecule is CC(=O)OC1CC(O)C1. The van der Waals surface area contributed by atoms with Crippen molar-refractivity contribution in [3.63, 3.8) is 0 Å². The molecule has 52 valence electrons. The molecule has 1 aliphatic rings. The van der Waals surface area contributed by atoms with Gasteiger partial charge in [0.15, 0.2) is 0 Å². The smallest absolute Gasteiger partial charge is 0.302 e. The van der Waals surface area contributed by atoms with Gasteiger partial charge in [0.1, 0.15) is 6.10 Å². The van der Waals surface area contributed by atoms with Crippen molar-refractivity contribution in [2.45, 2.75) is 32.0 Å². The molecule has 0 radical (unpaired) electrons. The molecule has 9 heavy (non-hydrogen) atoms. The third kappa shape index (κ3) is 1.68. The Morgan fingerprint density at radius 1 is 1.67 bits per heavy atom. The van der Waals surface area contributed by atoms with Crippen LogP contribution in [0.15, 0.2) is 0 Å². The van der Waals surface area contributed by atoms with Crippen LogP contribution >= 0.6 is 0 Å². The van der Waals surface area contributed by atoms with E-state index in [0.717, 1.165) is 0 Å². The Balaban J connectivity index is 2.11. The highest BCUT2D eigenvalue weighted by atomic mass is 16.5. The molecule has 1 rings (SSSR count). The third-order valence-electron chi connectivity index (χ3n) is 1.40. The van der Waals surface area contributed by atoms with Gasteiger partial charge in [0, 0.05) is 19.8 Å². The standard InChI is InChI=1S/C6H10O3/c1-4(7)9-6-2-5(8)3-6/h5-6,8H,2-3H2,1H3. The minimum atomic E-state index is -0.257. The monoisotopic (exact) mass is 130 g/mol. The summed E-state index contributed by atoms with van der Waals surface area (Å²) in [7, 11) is 0. The topological polar surface area (TPSA) is 46.5 Å². The van der Waals surface area contributed by atoms with Crippen molar-refractivity contribution in [1.29, 1.82) is 0 Å². The van der Waals surface area contributed by atoms with Crippen LogP contribution in [0.25, 0.3) is 0 Å². The molecule has 1 fully saturated rings. The highest BCUT2D eigenvalue weighted by Gasteiger charge is 2.29. The fourth-order valence-corrected chi connectivity index (χ4v) is 0.869. The molecule has 0 saturated heterocycles. The molecule has 0 spiro atoms. The van der Waals surface area contributed by atoms with E-state index in [1.807, 2.05) is 0 Å². The van der Waals surface area contributed by atoms with Crippen LogP contribution in [0.1, 0.15) is 19.8 Å². The first-order chi connectivity index (χ1) is 4.18. The van der Waals surface area contributed by atoms with Crippen molar-refractivity contribution in [3.8, 4) is 0 Å². The maximum atomic E-state index is 10.2. The van der Waals surface area contributed by atoms with Crippen LogP contribution < -0.4 is 0 Å². The van der Waals surface area contributed by atoms with Crippen LogP contribution in [0.4, 0.5) is 0 Å². The lowest BCUT2D eigenvalue weighted by molar-refractivity contribution is -0.156. The average Bonchev–Trinajstić information content (AvgIpc) is 1.60. The minimum Gasteiger partial charge on any atom is -0.462 e. The second kappa shape index (κ2) is 2.35. The average molecular weight is 130 g/mol. The Bertz CT molecular complexity index is 115. The summed E-state index contributed by atoms with van der Waals surface area (Å²) < 4.78 is 4.76. The van der Waals surface area contributed by atoms with Gasteiger partial charge < -0.3 is 9.84 Å². The van der Waals surface area contributed by atoms with Gasteiger partial charge in [-0.25, -0.2) is 0 Å². The van der Waals surface area contributed by atoms with Crippen molar-refractivity contribution >= 4 is 5.97 Å². The molecule has 0 bridgehead atoms. The number of hydrogen-bond donors (Lipinski definition) is 1. The van der Waals surface area contributed by atoms with Gasteiger partial charge in [-0.3, -0.25) is 4.79 Å². The molecular formula is C6H10O3. The van der Waals surface area contributed by atoms with E-state index in [1.54, 1.807) is 0 Å². The number of ether oxygens (including phenoxy) is 1. The van der Waals surface area contributed by atoms with Crippen molar-refractivity contribution < 1.29 is 14.6 Å². The van der Waals surface area contributed by atoms with Gasteiger partial charge in [0.2, 0.25) is 0 Å². The van der Waals surface area contributed by atoms with E-state index < -0.39 is 0 Å². The van der Waals surface area contributed by atoms with E-state index in [-0.39, 0.29) is 18.2 Å². The van der Waals surface area contributed by atoms with Gasteiger partial charge in [-0.05, 0) is 0 Å². The summed E-state index contributed by atoms with van der Waals surface area (Å²) in [6, 6.07) is 0. The van der Waals surface area contributed by atoms with Crippen LogP contribution in [0.5, 0.6) is 0 Å². The normalized spacial score (nSPS) is 33.1. The molecule has 0 atom stereocenters. The Kier molecular flexibility index (Phi) is 1.71. The van der Waals surface area contributed by atoms with Crippen LogP contribution in [0.3, 0.4) is 0 Å². The summed E-state index contributed by atoms with van der Waals surface area (Å²) in [4.78, 5) is 10.2. The predicted octanol–water partition coefficient (Wildman–Crippen LogP) is 0.0728. The van der Waals surface area contributed by atoms with Gasteiger partial charge in [-0.1, -0.05) is 0 Å². The molecule has 0 aliphatic heterocycles. The second-order valence-corrected chi connectivity index (χ2v) is 2.36. The van der Waals surface area contributed by atoms with E-state index in [2.05, 4.69) is 0 Å². The number of rotatable bonds is 1. The Labute approximate surface area is 53.6 Å². The zero-order valence-corrected chi connectivity index (χ0v) is 5.33. The molecule has 3 heteroatoms. The maximum absolute atomic E-state index is 10.2. The van der Waals surface area contributed by atoms with E-state index in [9.17, 15) is 4.79 Å². The fraction of sp³-hybridized carbons (Fsp3) is 0.833. The summed E-state index contributed by atoms with van der Waals surface area (Å²) in [5.41, 5.74) is 0. The number of esters is 1. The highest BCUT2D eigenvalue weighted by molar-refractivity contribution is 5.66. The molecule has 0 aromatic rings. The van der Waals surface area contributed by atoms with Gasteiger partial charge in [-0.2, -0.15) is 0 Å². The molecule has 0 aromatic carbocycles. The Morgan fingerprint density at radius 3 is 2.56 bits per heavy atom. The lowest BCUT2D eigenvalue weighted by Gasteiger charge is -2.30. The number of carbonyl (C=O) groups excluding carboxylic acids is 1. The van der Waals surface area contributed by atoms with Crippen molar-refractivity contribution in [2.24, 2.45) is 0 Å². The lowest BCUT2D eigenvalue weighted by atomic mass is 9.92. The van der Waals surface area contributed by atoms with E-state index in [0.29, 0.717) is 12.8 Å². The fourth-order valence-electron chi connectivity index (χ4n) is 0.869. The summed E-state index contributed by atoms with van der Waals surface area (Å²) >= 11 is 0. The van der Waals surface area contributed by atoms with E-state index in [4.69, 9.17) is 9.84 Å². The van der Waals surface area contributed by atoms with Gasteiger partial charge in [0.05, 0.1) is 6.10 Å². The second-order valence-electron chi connectivity index (χ2n) is 2.36. The first-order valence-electron chi connectivity index (χ1n) is 3.04. The van der Waals surface area contributed by atoms with Crippen LogP contribution in [0, 0.1) is 0 Å². The molecule has 0 unspecified atom stereocenters. The molecule has 0 amide bonds. The molecule has 1 saturated carbocycles. The summed E-state index contributed by atoms with van der Waals surface area (Å²) in [5, 5.41) is 8.74. The molecular weight excluding hydrogens is 120 g/mol. The number of hydrogen-bond acceptors (Lipinski definition) is 3. The van der Waals surface area contributed by atoms with Crippen LogP contribution in [-0.4, -0.2) is 23.3 Å². The molecule has 1 N–H and O–H groups in total. The Hall–Kier alpha value is -0.570. The lowest BCUT2D eigenvalue weighted by Crippen LogP contribution is -2.36. The third-order valence-corrected chi connectivity index (χ3v) is 1.40. The van der Waals surface area contributed by atoms with Gasteiger partial charge >= 0.3 is 5.97 Å². The first-order valence-corrected chi connectivity index (χ1v) is 3.04. The number of aliphatic hydroxyl groups excluding tert-OH is 1. The summed E-state index contributed by atoms with van der Waals surface area (Å²) in [6.07, 6.45) is 0.964. The Morgan fingerprint density at radius 2 is 2.22 bits per heavy atom. The quantitative estimate of drug-likeness (QED) is 0.511. The maximum Gasteiger partial charge on any atom is 0.302 e.